The lowest BCUT2D eigenvalue weighted by atomic mass is 10.2. The van der Waals surface area contributed by atoms with Gasteiger partial charge in [0.1, 0.15) is 17.4 Å². The third-order valence-electron chi connectivity index (χ3n) is 2.55. The van der Waals surface area contributed by atoms with Crippen molar-refractivity contribution < 1.29 is 21.8 Å². The van der Waals surface area contributed by atoms with Gasteiger partial charge in [0.15, 0.2) is 0 Å². The Balaban J connectivity index is 0.000000963. The fourth-order valence-electron chi connectivity index (χ4n) is 1.76. The maximum atomic E-state index is 12.0. The first kappa shape index (κ1) is 10.9. The minimum absolute atomic E-state index is 0. The number of halogens is 1. The van der Waals surface area contributed by atoms with Crippen molar-refractivity contribution in [1.29, 1.82) is 0 Å². The van der Waals surface area contributed by atoms with Gasteiger partial charge in [-0.3, -0.25) is 4.79 Å². The Kier molecular flexibility index (Phi) is 2.53. The number of rotatable bonds is 0. The zero-order valence-electron chi connectivity index (χ0n) is 8.53. The first-order valence-electron chi connectivity index (χ1n) is 4.71. The van der Waals surface area contributed by atoms with E-state index in [4.69, 9.17) is 4.42 Å². The Morgan fingerprint density at radius 1 is 1.31 bits per heavy atom. The molecule has 4 nitrogen and oxygen atoms in total. The van der Waals surface area contributed by atoms with Gasteiger partial charge in [-0.1, -0.05) is 17.2 Å². The third kappa shape index (κ3) is 1.35. The smallest absolute Gasteiger partial charge is 0.335 e. The molecule has 1 unspecified atom stereocenters. The second-order valence-corrected chi connectivity index (χ2v) is 3.51. The molecule has 0 fully saturated rings. The van der Waals surface area contributed by atoms with Gasteiger partial charge in [0, 0.05) is 0 Å². The van der Waals surface area contributed by atoms with Crippen LogP contribution in [0.25, 0.3) is 11.0 Å². The maximum absolute atomic E-state index is 12.0. The molecule has 0 amide bonds. The number of para-hydroxylation sites is 1. The highest BCUT2D eigenvalue weighted by Gasteiger charge is 2.25. The van der Waals surface area contributed by atoms with Crippen molar-refractivity contribution >= 4 is 23.1 Å². The molecular formula is C11H9ClN2O2. The summed E-state index contributed by atoms with van der Waals surface area (Å²) in [6.45, 7) is 0. The van der Waals surface area contributed by atoms with Gasteiger partial charge in [-0.15, -0.1) is 5.01 Å². The fraction of sp³-hybridized carbons (Fsp3) is 0.0909. The quantitative estimate of drug-likeness (QED) is 0.541. The zero-order valence-corrected chi connectivity index (χ0v) is 9.28. The van der Waals surface area contributed by atoms with E-state index in [2.05, 4.69) is 5.10 Å². The summed E-state index contributed by atoms with van der Waals surface area (Å²) >= 11 is 0. The lowest BCUT2D eigenvalue weighted by Gasteiger charge is -2.01. The number of hydrogen-bond acceptors (Lipinski definition) is 3. The van der Waals surface area contributed by atoms with Crippen LogP contribution < -0.4 is 22.8 Å². The van der Waals surface area contributed by atoms with Crippen LogP contribution in [0, 0.1) is 0 Å². The van der Waals surface area contributed by atoms with Crippen LogP contribution in [0.5, 0.6) is 0 Å². The van der Waals surface area contributed by atoms with Crippen LogP contribution in [0.15, 0.2) is 38.6 Å². The summed E-state index contributed by atoms with van der Waals surface area (Å²) in [6.07, 6.45) is 1.57. The molecule has 82 valence electrons. The van der Waals surface area contributed by atoms with E-state index in [-0.39, 0.29) is 17.8 Å². The van der Waals surface area contributed by atoms with Gasteiger partial charge in [0.25, 0.3) is 0 Å². The Morgan fingerprint density at radius 3 is 2.88 bits per heavy atom. The van der Waals surface area contributed by atoms with E-state index >= 15 is 0 Å². The SMILES string of the molecule is C[NH+]1N=Cc2c1oc1ccccc1c2=O.[Cl-]. The molecule has 1 aromatic carbocycles. The lowest BCUT2D eigenvalue weighted by Crippen LogP contribution is -3.00. The molecule has 2 heterocycles. The first-order valence-corrected chi connectivity index (χ1v) is 4.71. The lowest BCUT2D eigenvalue weighted by molar-refractivity contribution is -0.822. The Bertz CT molecular complexity index is 633. The molecule has 5 heteroatoms. The largest absolute Gasteiger partial charge is 1.00 e. The van der Waals surface area contributed by atoms with Crippen LogP contribution in [0.2, 0.25) is 0 Å². The maximum Gasteiger partial charge on any atom is 0.335 e. The molecule has 3 rings (SSSR count). The molecule has 16 heavy (non-hydrogen) atoms. The molecule has 1 N–H and O–H groups in total. The van der Waals surface area contributed by atoms with Crippen molar-refractivity contribution in [2.75, 3.05) is 7.05 Å². The topological polar surface area (TPSA) is 47.0 Å². The summed E-state index contributed by atoms with van der Waals surface area (Å²) in [7, 11) is 1.83. The van der Waals surface area contributed by atoms with Gasteiger partial charge < -0.3 is 16.8 Å². The van der Waals surface area contributed by atoms with Crippen molar-refractivity contribution in [1.82, 2.24) is 0 Å². The van der Waals surface area contributed by atoms with Crippen LogP contribution in [0.3, 0.4) is 0 Å². The average Bonchev–Trinajstić information content (AvgIpc) is 2.62. The molecule has 1 aromatic heterocycles. The van der Waals surface area contributed by atoms with Crippen LogP contribution >= 0.6 is 0 Å². The molecule has 0 aliphatic carbocycles. The van der Waals surface area contributed by atoms with Gasteiger partial charge >= 0.3 is 5.88 Å². The van der Waals surface area contributed by atoms with Gasteiger partial charge in [0.05, 0.1) is 12.4 Å². The van der Waals surface area contributed by atoms with E-state index in [0.29, 0.717) is 22.4 Å². The molecule has 0 spiro atoms. The van der Waals surface area contributed by atoms with E-state index < -0.39 is 0 Å². The van der Waals surface area contributed by atoms with Gasteiger partial charge in [-0.05, 0) is 12.1 Å². The van der Waals surface area contributed by atoms with Gasteiger partial charge in [0.2, 0.25) is 5.43 Å². The average molecular weight is 237 g/mol. The number of quaternary nitrogens is 1. The van der Waals surface area contributed by atoms with Crippen LogP contribution in [0.1, 0.15) is 5.56 Å². The molecule has 2 aromatic rings. The Labute approximate surface area is 97.6 Å². The summed E-state index contributed by atoms with van der Waals surface area (Å²) < 4.78 is 5.64. The molecule has 0 radical (unpaired) electrons. The summed E-state index contributed by atoms with van der Waals surface area (Å²) in [5, 5.41) is 5.45. The van der Waals surface area contributed by atoms with Crippen molar-refractivity contribution in [2.24, 2.45) is 5.10 Å². The monoisotopic (exact) mass is 236 g/mol. The summed E-state index contributed by atoms with van der Waals surface area (Å²) in [5.74, 6) is 0.596. The molecule has 1 aliphatic rings. The number of benzene rings is 1. The zero-order chi connectivity index (χ0) is 10.4. The summed E-state index contributed by atoms with van der Waals surface area (Å²) in [6, 6.07) is 7.24. The molecule has 1 aliphatic heterocycles. The predicted molar refractivity (Wildman–Crippen MR) is 56.6 cm³/mol. The van der Waals surface area contributed by atoms with E-state index in [9.17, 15) is 4.79 Å². The van der Waals surface area contributed by atoms with Crippen molar-refractivity contribution in [3.05, 3.63) is 40.1 Å². The molecule has 0 saturated carbocycles. The number of nitrogens with one attached hydrogen (secondary N) is 1. The molecular weight excluding hydrogens is 228 g/mol. The van der Waals surface area contributed by atoms with Crippen LogP contribution in [-0.4, -0.2) is 13.3 Å². The second-order valence-electron chi connectivity index (χ2n) is 3.51. The van der Waals surface area contributed by atoms with Gasteiger partial charge in [-0.25, -0.2) is 0 Å². The van der Waals surface area contributed by atoms with Gasteiger partial charge in [-0.2, -0.15) is 0 Å². The summed E-state index contributed by atoms with van der Waals surface area (Å²) in [4.78, 5) is 12.0. The molecule has 0 bridgehead atoms. The van der Waals surface area contributed by atoms with E-state index in [1.165, 1.54) is 0 Å². The highest BCUT2D eigenvalue weighted by atomic mass is 35.5. The highest BCUT2D eigenvalue weighted by Crippen LogP contribution is 2.17. The third-order valence-corrected chi connectivity index (χ3v) is 2.55. The molecule has 0 saturated heterocycles. The van der Waals surface area contributed by atoms with Crippen LogP contribution in [0.4, 0.5) is 5.88 Å². The van der Waals surface area contributed by atoms with E-state index in [1.807, 2.05) is 19.2 Å². The van der Waals surface area contributed by atoms with Crippen LogP contribution in [-0.2, 0) is 0 Å². The van der Waals surface area contributed by atoms with Crippen molar-refractivity contribution in [2.45, 2.75) is 0 Å². The first-order chi connectivity index (χ1) is 7.27. The normalized spacial score (nSPS) is 17.2. The molecule has 1 atom stereocenters. The van der Waals surface area contributed by atoms with E-state index in [1.54, 1.807) is 18.3 Å². The Hall–Kier alpha value is -1.65. The summed E-state index contributed by atoms with van der Waals surface area (Å²) in [5.41, 5.74) is 1.17. The van der Waals surface area contributed by atoms with Crippen molar-refractivity contribution in [3.63, 3.8) is 0 Å². The Morgan fingerprint density at radius 2 is 2.06 bits per heavy atom. The number of nitrogens with zero attached hydrogens (tertiary/aromatic N) is 1. The second kappa shape index (κ2) is 3.73. The van der Waals surface area contributed by atoms with Crippen molar-refractivity contribution in [3.8, 4) is 0 Å². The minimum atomic E-state index is -0.00699. The van der Waals surface area contributed by atoms with E-state index in [0.717, 1.165) is 5.01 Å². The predicted octanol–water partition coefficient (Wildman–Crippen LogP) is -2.71. The highest BCUT2D eigenvalue weighted by molar-refractivity contribution is 5.90. The minimum Gasteiger partial charge on any atom is -1.00 e. The number of hydrogen-bond donors (Lipinski definition) is 1. The number of fused-ring (bicyclic) bond motifs is 2. The standard InChI is InChI=1S/C11H8N2O2.ClH/c1-13-11-8(6-12-13)10(14)7-4-2-3-5-9(7)15-11;/h2-6H,1H3;1H. The fourth-order valence-corrected chi connectivity index (χ4v) is 1.76.